The summed E-state index contributed by atoms with van der Waals surface area (Å²) in [6.07, 6.45) is -3.54. The average molecular weight is 332 g/mol. The zero-order valence-electron chi connectivity index (χ0n) is 12.2. The lowest BCUT2D eigenvalue weighted by atomic mass is 10.1. The van der Waals surface area contributed by atoms with Crippen molar-refractivity contribution in [3.63, 3.8) is 0 Å². The molecular formula is C14H15F3N2O2S. The highest BCUT2D eigenvalue weighted by molar-refractivity contribution is 7.15. The van der Waals surface area contributed by atoms with E-state index in [1.165, 1.54) is 14.2 Å². The summed E-state index contributed by atoms with van der Waals surface area (Å²) in [7, 11) is 3.06. The Balaban J connectivity index is 2.15. The Kier molecular flexibility index (Phi) is 4.80. The van der Waals surface area contributed by atoms with Crippen LogP contribution in [0.5, 0.6) is 11.5 Å². The van der Waals surface area contributed by atoms with Gasteiger partial charge >= 0.3 is 6.18 Å². The SMILES string of the molecule is COc1ccc(C(C)Nc2ncc(C(F)(F)F)s2)cc1OC. The Morgan fingerprint density at radius 1 is 1.18 bits per heavy atom. The molecular weight excluding hydrogens is 317 g/mol. The molecule has 0 saturated heterocycles. The summed E-state index contributed by atoms with van der Waals surface area (Å²) in [5.74, 6) is 1.15. The van der Waals surface area contributed by atoms with E-state index in [2.05, 4.69) is 10.3 Å². The molecule has 120 valence electrons. The first-order chi connectivity index (χ1) is 10.3. The number of halogens is 3. The van der Waals surface area contributed by atoms with Gasteiger partial charge in [-0.15, -0.1) is 0 Å². The molecule has 0 radical (unpaired) electrons. The van der Waals surface area contributed by atoms with Crippen LogP contribution in [0.3, 0.4) is 0 Å². The van der Waals surface area contributed by atoms with E-state index in [0.29, 0.717) is 22.8 Å². The minimum atomic E-state index is -4.37. The molecule has 22 heavy (non-hydrogen) atoms. The summed E-state index contributed by atoms with van der Waals surface area (Å²) < 4.78 is 48.0. The first-order valence-corrected chi connectivity index (χ1v) is 7.18. The van der Waals surface area contributed by atoms with Crippen LogP contribution >= 0.6 is 11.3 Å². The smallest absolute Gasteiger partial charge is 0.427 e. The minimum absolute atomic E-state index is 0.217. The van der Waals surface area contributed by atoms with E-state index in [0.717, 1.165) is 11.8 Å². The Hall–Kier alpha value is -1.96. The monoisotopic (exact) mass is 332 g/mol. The summed E-state index contributed by atoms with van der Waals surface area (Å²) in [6.45, 7) is 1.83. The molecule has 0 spiro atoms. The molecule has 8 heteroatoms. The van der Waals surface area contributed by atoms with Gasteiger partial charge in [0, 0.05) is 0 Å². The molecule has 0 aliphatic carbocycles. The lowest BCUT2D eigenvalue weighted by Crippen LogP contribution is -2.06. The molecule has 1 atom stereocenters. The summed E-state index contributed by atoms with van der Waals surface area (Å²) in [6, 6.07) is 5.11. The van der Waals surface area contributed by atoms with Crippen LogP contribution in [-0.2, 0) is 6.18 Å². The fraction of sp³-hybridized carbons (Fsp3) is 0.357. The van der Waals surface area contributed by atoms with Gasteiger partial charge in [-0.2, -0.15) is 13.2 Å². The number of nitrogens with zero attached hydrogens (tertiary/aromatic N) is 1. The zero-order chi connectivity index (χ0) is 16.3. The predicted molar refractivity (Wildman–Crippen MR) is 78.7 cm³/mol. The van der Waals surface area contributed by atoms with Gasteiger partial charge in [-0.3, -0.25) is 0 Å². The first kappa shape index (κ1) is 16.4. The van der Waals surface area contributed by atoms with Gasteiger partial charge in [-0.05, 0) is 24.6 Å². The fourth-order valence-corrected chi connectivity index (χ4v) is 2.63. The molecule has 1 aromatic heterocycles. The van der Waals surface area contributed by atoms with Gasteiger partial charge in [0.15, 0.2) is 16.6 Å². The fourth-order valence-electron chi connectivity index (χ4n) is 1.86. The van der Waals surface area contributed by atoms with Crippen molar-refractivity contribution in [2.45, 2.75) is 19.1 Å². The number of alkyl halides is 3. The molecule has 1 unspecified atom stereocenters. The molecule has 1 N–H and O–H groups in total. The third kappa shape index (κ3) is 3.62. The van der Waals surface area contributed by atoms with Crippen molar-refractivity contribution in [1.29, 1.82) is 0 Å². The molecule has 0 aliphatic rings. The summed E-state index contributed by atoms with van der Waals surface area (Å²) in [5.41, 5.74) is 0.849. The standard InChI is InChI=1S/C14H15F3N2O2S/c1-8(9-4-5-10(20-2)11(6-9)21-3)19-13-18-7-12(22-13)14(15,16)17/h4-8H,1-3H3,(H,18,19). The molecule has 0 fully saturated rings. The minimum Gasteiger partial charge on any atom is -0.493 e. The van der Waals surface area contributed by atoms with Crippen LogP contribution in [0.15, 0.2) is 24.4 Å². The Labute approximate surface area is 129 Å². The number of thiazole rings is 1. The molecule has 4 nitrogen and oxygen atoms in total. The number of anilines is 1. The largest absolute Gasteiger partial charge is 0.493 e. The third-order valence-corrected chi connectivity index (χ3v) is 4.01. The van der Waals surface area contributed by atoms with Crippen molar-refractivity contribution < 1.29 is 22.6 Å². The van der Waals surface area contributed by atoms with Gasteiger partial charge in [0.25, 0.3) is 0 Å². The number of hydrogen-bond donors (Lipinski definition) is 1. The van der Waals surface area contributed by atoms with Crippen LogP contribution in [-0.4, -0.2) is 19.2 Å². The van der Waals surface area contributed by atoms with Crippen LogP contribution in [0, 0.1) is 0 Å². The average Bonchev–Trinajstić information content (AvgIpc) is 2.95. The highest BCUT2D eigenvalue weighted by Crippen LogP contribution is 2.36. The van der Waals surface area contributed by atoms with E-state index in [1.54, 1.807) is 12.1 Å². The van der Waals surface area contributed by atoms with Crippen LogP contribution in [0.25, 0.3) is 0 Å². The molecule has 0 amide bonds. The van der Waals surface area contributed by atoms with E-state index in [4.69, 9.17) is 9.47 Å². The van der Waals surface area contributed by atoms with Gasteiger partial charge in [0.05, 0.1) is 26.5 Å². The van der Waals surface area contributed by atoms with Crippen LogP contribution < -0.4 is 14.8 Å². The van der Waals surface area contributed by atoms with Crippen molar-refractivity contribution in [2.24, 2.45) is 0 Å². The van der Waals surface area contributed by atoms with Gasteiger partial charge in [-0.1, -0.05) is 17.4 Å². The second kappa shape index (κ2) is 6.43. The van der Waals surface area contributed by atoms with Crippen molar-refractivity contribution in [1.82, 2.24) is 4.98 Å². The highest BCUT2D eigenvalue weighted by atomic mass is 32.1. The number of methoxy groups -OCH3 is 2. The number of ether oxygens (including phenoxy) is 2. The lowest BCUT2D eigenvalue weighted by Gasteiger charge is -2.15. The van der Waals surface area contributed by atoms with Gasteiger partial charge in [-0.25, -0.2) is 4.98 Å². The van der Waals surface area contributed by atoms with Gasteiger partial charge in [0.2, 0.25) is 0 Å². The van der Waals surface area contributed by atoms with Gasteiger partial charge < -0.3 is 14.8 Å². The van der Waals surface area contributed by atoms with Crippen molar-refractivity contribution in [2.75, 3.05) is 19.5 Å². The normalized spacial score (nSPS) is 12.8. The predicted octanol–water partition coefficient (Wildman–Crippen LogP) is 4.35. The number of benzene rings is 1. The second-order valence-electron chi connectivity index (χ2n) is 4.51. The maximum Gasteiger partial charge on any atom is 0.427 e. The van der Waals surface area contributed by atoms with Crippen molar-refractivity contribution >= 4 is 16.5 Å². The summed E-state index contributed by atoms with van der Waals surface area (Å²) >= 11 is 0.577. The van der Waals surface area contributed by atoms with Gasteiger partial charge in [0.1, 0.15) is 4.88 Å². The third-order valence-electron chi connectivity index (χ3n) is 3.03. The van der Waals surface area contributed by atoms with Crippen molar-refractivity contribution in [3.8, 4) is 11.5 Å². The Morgan fingerprint density at radius 3 is 2.41 bits per heavy atom. The van der Waals surface area contributed by atoms with Crippen LogP contribution in [0.1, 0.15) is 23.4 Å². The second-order valence-corrected chi connectivity index (χ2v) is 5.54. The molecule has 2 aromatic rings. The maximum absolute atomic E-state index is 12.6. The molecule has 0 bridgehead atoms. The van der Waals surface area contributed by atoms with E-state index in [9.17, 15) is 13.2 Å². The van der Waals surface area contributed by atoms with Crippen LogP contribution in [0.2, 0.25) is 0 Å². The van der Waals surface area contributed by atoms with E-state index >= 15 is 0 Å². The maximum atomic E-state index is 12.6. The van der Waals surface area contributed by atoms with E-state index < -0.39 is 11.1 Å². The topological polar surface area (TPSA) is 43.4 Å². The number of hydrogen-bond acceptors (Lipinski definition) is 5. The zero-order valence-corrected chi connectivity index (χ0v) is 13.0. The van der Waals surface area contributed by atoms with Crippen LogP contribution in [0.4, 0.5) is 18.3 Å². The molecule has 0 saturated carbocycles. The van der Waals surface area contributed by atoms with Crippen molar-refractivity contribution in [3.05, 3.63) is 34.8 Å². The quantitative estimate of drug-likeness (QED) is 0.884. The van der Waals surface area contributed by atoms with E-state index in [1.807, 2.05) is 13.0 Å². The molecule has 0 aliphatic heterocycles. The Bertz CT molecular complexity index is 643. The van der Waals surface area contributed by atoms with E-state index in [-0.39, 0.29) is 11.2 Å². The number of aromatic nitrogens is 1. The highest BCUT2D eigenvalue weighted by Gasteiger charge is 2.33. The first-order valence-electron chi connectivity index (χ1n) is 6.36. The number of nitrogens with one attached hydrogen (secondary N) is 1. The summed E-state index contributed by atoms with van der Waals surface area (Å²) in [5, 5.41) is 3.17. The lowest BCUT2D eigenvalue weighted by molar-refractivity contribution is -0.134. The summed E-state index contributed by atoms with van der Waals surface area (Å²) in [4.78, 5) is 3.03. The Morgan fingerprint density at radius 2 is 1.86 bits per heavy atom. The molecule has 1 aromatic carbocycles. The molecule has 1 heterocycles. The molecule has 2 rings (SSSR count). The number of rotatable bonds is 5.